The minimum atomic E-state index is -0.538. The normalized spacial score (nSPS) is 11.2. The number of nitrogens with one attached hydrogen (secondary N) is 2. The van der Waals surface area contributed by atoms with E-state index in [1.54, 1.807) is 24.7 Å². The van der Waals surface area contributed by atoms with Crippen molar-refractivity contribution >= 4 is 28.4 Å². The molecule has 0 atom stereocenters. The second-order valence-corrected chi connectivity index (χ2v) is 8.03. The number of carbonyl (C=O) groups is 1. The molecule has 0 fully saturated rings. The number of carbonyl (C=O) groups excluding carboxylic acids is 1. The van der Waals surface area contributed by atoms with Gasteiger partial charge in [0.15, 0.2) is 0 Å². The third-order valence-corrected chi connectivity index (χ3v) is 5.66. The van der Waals surface area contributed by atoms with Gasteiger partial charge in [-0.1, -0.05) is 60.7 Å². The van der Waals surface area contributed by atoms with Crippen LogP contribution in [0.2, 0.25) is 0 Å². The van der Waals surface area contributed by atoms with Gasteiger partial charge in [0.05, 0.1) is 13.7 Å². The van der Waals surface area contributed by atoms with E-state index in [2.05, 4.69) is 29.6 Å². The van der Waals surface area contributed by atoms with Crippen molar-refractivity contribution in [2.24, 2.45) is 0 Å². The summed E-state index contributed by atoms with van der Waals surface area (Å²) in [4.78, 5) is 11.6. The molecule has 1 amide bonds. The first-order chi connectivity index (χ1) is 17.2. The van der Waals surface area contributed by atoms with Gasteiger partial charge in [-0.05, 0) is 46.9 Å². The standard InChI is InChI=1S/C29H28N2O4/c1-34-26-9-5-8-25(19-26)30-20-22(18-21-12-14-24(15-13-21)29(32)31-33)16-17-35-28-11-4-7-23-6-2-3-10-27(23)28/h2-15,18-19,30,33H,16-17,20H2,1H3,(H,31,32)/b22-18-. The van der Waals surface area contributed by atoms with Crippen molar-refractivity contribution in [3.8, 4) is 11.5 Å². The van der Waals surface area contributed by atoms with E-state index in [-0.39, 0.29) is 0 Å². The van der Waals surface area contributed by atoms with Crippen LogP contribution in [0.4, 0.5) is 5.69 Å². The number of hydrogen-bond donors (Lipinski definition) is 3. The Morgan fingerprint density at radius 3 is 2.51 bits per heavy atom. The van der Waals surface area contributed by atoms with Crippen LogP contribution >= 0.6 is 0 Å². The number of fused-ring (bicyclic) bond motifs is 1. The molecule has 0 bridgehead atoms. The third-order valence-electron chi connectivity index (χ3n) is 5.66. The molecule has 0 spiro atoms. The summed E-state index contributed by atoms with van der Waals surface area (Å²) in [5.41, 5.74) is 5.08. The second-order valence-electron chi connectivity index (χ2n) is 8.03. The van der Waals surface area contributed by atoms with Gasteiger partial charge in [0.1, 0.15) is 11.5 Å². The molecule has 0 aliphatic rings. The average Bonchev–Trinajstić information content (AvgIpc) is 2.91. The van der Waals surface area contributed by atoms with E-state index in [1.165, 1.54) is 0 Å². The topological polar surface area (TPSA) is 79.8 Å². The summed E-state index contributed by atoms with van der Waals surface area (Å²) in [5.74, 6) is 1.11. The van der Waals surface area contributed by atoms with Crippen molar-refractivity contribution in [3.63, 3.8) is 0 Å². The maximum atomic E-state index is 11.6. The highest BCUT2D eigenvalue weighted by atomic mass is 16.5. The largest absolute Gasteiger partial charge is 0.497 e. The van der Waals surface area contributed by atoms with Gasteiger partial charge in [-0.15, -0.1) is 0 Å². The molecular weight excluding hydrogens is 440 g/mol. The average molecular weight is 469 g/mol. The molecule has 4 rings (SSSR count). The number of hydroxylamine groups is 1. The summed E-state index contributed by atoms with van der Waals surface area (Å²) in [6.45, 7) is 1.13. The first-order valence-corrected chi connectivity index (χ1v) is 11.4. The maximum absolute atomic E-state index is 11.6. The fraction of sp³-hybridized carbons (Fsp3) is 0.138. The summed E-state index contributed by atoms with van der Waals surface area (Å²) < 4.78 is 11.5. The molecule has 4 aromatic rings. The van der Waals surface area contributed by atoms with Gasteiger partial charge in [-0.3, -0.25) is 10.0 Å². The van der Waals surface area contributed by atoms with E-state index in [4.69, 9.17) is 14.7 Å². The zero-order chi connectivity index (χ0) is 24.5. The molecule has 0 aliphatic heterocycles. The van der Waals surface area contributed by atoms with Gasteiger partial charge in [0.2, 0.25) is 0 Å². The van der Waals surface area contributed by atoms with Crippen molar-refractivity contribution in [3.05, 3.63) is 108 Å². The fourth-order valence-electron chi connectivity index (χ4n) is 3.80. The van der Waals surface area contributed by atoms with Crippen molar-refractivity contribution in [1.29, 1.82) is 0 Å². The molecule has 0 unspecified atom stereocenters. The Kier molecular flexibility index (Phi) is 7.99. The van der Waals surface area contributed by atoms with Gasteiger partial charge in [0.25, 0.3) is 5.91 Å². The number of anilines is 1. The molecule has 0 saturated heterocycles. The van der Waals surface area contributed by atoms with Crippen LogP contribution in [0.3, 0.4) is 0 Å². The van der Waals surface area contributed by atoms with Crippen LogP contribution in [0.1, 0.15) is 22.3 Å². The Morgan fingerprint density at radius 2 is 1.71 bits per heavy atom. The Bertz CT molecular complexity index is 1310. The molecule has 3 N–H and O–H groups in total. The van der Waals surface area contributed by atoms with Gasteiger partial charge in [0, 0.05) is 35.7 Å². The second kappa shape index (κ2) is 11.7. The SMILES string of the molecule is COc1cccc(NC/C(=C\c2ccc(C(=O)NO)cc2)CCOc2cccc3ccccc23)c1. The van der Waals surface area contributed by atoms with Crippen molar-refractivity contribution in [1.82, 2.24) is 5.48 Å². The zero-order valence-corrected chi connectivity index (χ0v) is 19.5. The number of benzene rings is 4. The van der Waals surface area contributed by atoms with E-state index in [0.717, 1.165) is 39.1 Å². The highest BCUT2D eigenvalue weighted by Gasteiger charge is 2.06. The van der Waals surface area contributed by atoms with Gasteiger partial charge < -0.3 is 14.8 Å². The van der Waals surface area contributed by atoms with Crippen LogP contribution in [-0.2, 0) is 0 Å². The first kappa shape index (κ1) is 23.9. The summed E-state index contributed by atoms with van der Waals surface area (Å²) >= 11 is 0. The Labute approximate surface area is 204 Å². The summed E-state index contributed by atoms with van der Waals surface area (Å²) in [6, 6.07) is 29.1. The number of methoxy groups -OCH3 is 1. The molecule has 6 nitrogen and oxygen atoms in total. The van der Waals surface area contributed by atoms with Crippen LogP contribution in [0, 0.1) is 0 Å². The minimum Gasteiger partial charge on any atom is -0.497 e. The Morgan fingerprint density at radius 1 is 0.943 bits per heavy atom. The Hall–Kier alpha value is -4.29. The molecule has 35 heavy (non-hydrogen) atoms. The Balaban J connectivity index is 1.49. The van der Waals surface area contributed by atoms with E-state index >= 15 is 0 Å². The minimum absolute atomic E-state index is 0.389. The van der Waals surface area contributed by atoms with Crippen molar-refractivity contribution < 1.29 is 19.5 Å². The van der Waals surface area contributed by atoms with Crippen LogP contribution < -0.4 is 20.3 Å². The molecule has 0 aliphatic carbocycles. The van der Waals surface area contributed by atoms with Crippen molar-refractivity contribution in [2.45, 2.75) is 6.42 Å². The molecule has 0 aromatic heterocycles. The van der Waals surface area contributed by atoms with Gasteiger partial charge in [-0.2, -0.15) is 0 Å². The molecule has 178 valence electrons. The van der Waals surface area contributed by atoms with E-state index in [0.29, 0.717) is 25.1 Å². The van der Waals surface area contributed by atoms with E-state index in [1.807, 2.05) is 60.7 Å². The zero-order valence-electron chi connectivity index (χ0n) is 19.5. The lowest BCUT2D eigenvalue weighted by molar-refractivity contribution is 0.0706. The van der Waals surface area contributed by atoms with Gasteiger partial charge in [-0.25, -0.2) is 5.48 Å². The fourth-order valence-corrected chi connectivity index (χ4v) is 3.80. The quantitative estimate of drug-likeness (QED) is 0.199. The maximum Gasteiger partial charge on any atom is 0.274 e. The number of ether oxygens (including phenoxy) is 2. The third kappa shape index (κ3) is 6.40. The summed E-state index contributed by atoms with van der Waals surface area (Å²) in [5, 5.41) is 14.5. The monoisotopic (exact) mass is 468 g/mol. The number of hydrogen-bond acceptors (Lipinski definition) is 5. The van der Waals surface area contributed by atoms with Crippen molar-refractivity contribution in [2.75, 3.05) is 25.6 Å². The lowest BCUT2D eigenvalue weighted by atomic mass is 10.1. The highest BCUT2D eigenvalue weighted by molar-refractivity contribution is 5.93. The summed E-state index contributed by atoms with van der Waals surface area (Å²) in [6.07, 6.45) is 2.79. The van der Waals surface area contributed by atoms with Crippen LogP contribution in [0.5, 0.6) is 11.5 Å². The molecule has 0 heterocycles. The van der Waals surface area contributed by atoms with Crippen LogP contribution in [0.15, 0.2) is 96.6 Å². The van der Waals surface area contributed by atoms with Gasteiger partial charge >= 0.3 is 0 Å². The number of amides is 1. The lowest BCUT2D eigenvalue weighted by Gasteiger charge is -2.14. The van der Waals surface area contributed by atoms with Crippen LogP contribution in [0.25, 0.3) is 16.8 Å². The lowest BCUT2D eigenvalue weighted by Crippen LogP contribution is -2.18. The highest BCUT2D eigenvalue weighted by Crippen LogP contribution is 2.26. The van der Waals surface area contributed by atoms with E-state index in [9.17, 15) is 4.79 Å². The molecule has 0 saturated carbocycles. The molecule has 0 radical (unpaired) electrons. The summed E-state index contributed by atoms with van der Waals surface area (Å²) in [7, 11) is 1.65. The predicted molar refractivity (Wildman–Crippen MR) is 139 cm³/mol. The smallest absolute Gasteiger partial charge is 0.274 e. The molecule has 4 aromatic carbocycles. The molecular formula is C29H28N2O4. The first-order valence-electron chi connectivity index (χ1n) is 11.4. The molecule has 6 heteroatoms. The van der Waals surface area contributed by atoms with E-state index < -0.39 is 5.91 Å². The number of rotatable bonds is 10. The predicted octanol–water partition coefficient (Wildman–Crippen LogP) is 5.93. The van der Waals surface area contributed by atoms with Crippen LogP contribution in [-0.4, -0.2) is 31.4 Å².